The fourth-order valence-corrected chi connectivity index (χ4v) is 1.65. The second kappa shape index (κ2) is 5.80. The van der Waals surface area contributed by atoms with Crippen LogP contribution in [0, 0.1) is 11.3 Å². The summed E-state index contributed by atoms with van der Waals surface area (Å²) in [6, 6.07) is 5.30. The molecule has 17 heavy (non-hydrogen) atoms. The highest BCUT2D eigenvalue weighted by molar-refractivity contribution is 5.79. The first-order chi connectivity index (χ1) is 8.15. The number of esters is 1. The van der Waals surface area contributed by atoms with E-state index in [1.165, 1.54) is 7.11 Å². The molecule has 88 valence electrons. The SMILES string of the molecule is CCc1cc(C=O)cc(CC(=O)OC)c1C#N. The van der Waals surface area contributed by atoms with Crippen molar-refractivity contribution in [2.75, 3.05) is 7.11 Å². The van der Waals surface area contributed by atoms with Crippen molar-refractivity contribution in [3.8, 4) is 6.07 Å². The van der Waals surface area contributed by atoms with Gasteiger partial charge in [0.1, 0.15) is 6.29 Å². The van der Waals surface area contributed by atoms with Crippen molar-refractivity contribution >= 4 is 12.3 Å². The number of carbonyl (C=O) groups is 2. The number of nitriles is 1. The molecule has 4 heteroatoms. The molecule has 4 nitrogen and oxygen atoms in total. The third kappa shape index (κ3) is 2.91. The number of rotatable bonds is 4. The van der Waals surface area contributed by atoms with Crippen molar-refractivity contribution in [2.24, 2.45) is 0 Å². The summed E-state index contributed by atoms with van der Waals surface area (Å²) in [7, 11) is 1.29. The molecule has 0 saturated carbocycles. The molecule has 0 unspecified atom stereocenters. The van der Waals surface area contributed by atoms with E-state index in [9.17, 15) is 9.59 Å². The van der Waals surface area contributed by atoms with Gasteiger partial charge in [0.05, 0.1) is 25.2 Å². The molecule has 0 saturated heterocycles. The summed E-state index contributed by atoms with van der Waals surface area (Å²) in [5, 5.41) is 9.09. The number of methoxy groups -OCH3 is 1. The first kappa shape index (κ1) is 12.9. The monoisotopic (exact) mass is 231 g/mol. The Balaban J connectivity index is 3.30. The van der Waals surface area contributed by atoms with Crippen molar-refractivity contribution in [3.63, 3.8) is 0 Å². The van der Waals surface area contributed by atoms with Gasteiger partial charge in [-0.15, -0.1) is 0 Å². The van der Waals surface area contributed by atoms with Crippen LogP contribution in [-0.4, -0.2) is 19.4 Å². The number of aldehydes is 1. The Hall–Kier alpha value is -2.15. The molecule has 0 aromatic heterocycles. The predicted octanol–water partition coefficient (Wildman–Crippen LogP) is 1.65. The van der Waals surface area contributed by atoms with Crippen molar-refractivity contribution in [2.45, 2.75) is 19.8 Å². The Morgan fingerprint density at radius 2 is 2.12 bits per heavy atom. The third-order valence-corrected chi connectivity index (χ3v) is 2.52. The average Bonchev–Trinajstić information content (AvgIpc) is 2.37. The molecule has 0 aliphatic carbocycles. The Labute approximate surface area is 99.8 Å². The first-order valence-electron chi connectivity index (χ1n) is 5.24. The summed E-state index contributed by atoms with van der Waals surface area (Å²) < 4.78 is 4.56. The van der Waals surface area contributed by atoms with Crippen LogP contribution in [0.5, 0.6) is 0 Å². The molecule has 1 aromatic carbocycles. The van der Waals surface area contributed by atoms with E-state index in [0.717, 1.165) is 5.56 Å². The maximum atomic E-state index is 11.2. The van der Waals surface area contributed by atoms with Gasteiger partial charge in [-0.25, -0.2) is 0 Å². The number of carbonyl (C=O) groups excluding carboxylic acids is 2. The second-order valence-electron chi connectivity index (χ2n) is 3.55. The normalized spacial score (nSPS) is 9.47. The zero-order valence-electron chi connectivity index (χ0n) is 9.82. The molecule has 1 rings (SSSR count). The molecule has 0 amide bonds. The number of hydrogen-bond donors (Lipinski definition) is 0. The summed E-state index contributed by atoms with van der Waals surface area (Å²) in [6.07, 6.45) is 1.36. The van der Waals surface area contributed by atoms with Crippen LogP contribution < -0.4 is 0 Å². The zero-order chi connectivity index (χ0) is 12.8. The molecule has 0 spiro atoms. The van der Waals surface area contributed by atoms with Gasteiger partial charge in [-0.3, -0.25) is 9.59 Å². The summed E-state index contributed by atoms with van der Waals surface area (Å²) in [4.78, 5) is 22.0. The van der Waals surface area contributed by atoms with Gasteiger partial charge < -0.3 is 4.74 Å². The van der Waals surface area contributed by atoms with Crippen LogP contribution in [0.3, 0.4) is 0 Å². The van der Waals surface area contributed by atoms with E-state index < -0.39 is 5.97 Å². The summed E-state index contributed by atoms with van der Waals surface area (Å²) >= 11 is 0. The van der Waals surface area contributed by atoms with E-state index in [-0.39, 0.29) is 6.42 Å². The molecule has 0 aliphatic rings. The number of nitrogens with zero attached hydrogens (tertiary/aromatic N) is 1. The van der Waals surface area contributed by atoms with Gasteiger partial charge >= 0.3 is 5.97 Å². The van der Waals surface area contributed by atoms with E-state index in [2.05, 4.69) is 10.8 Å². The van der Waals surface area contributed by atoms with E-state index in [0.29, 0.717) is 29.4 Å². The van der Waals surface area contributed by atoms with Gasteiger partial charge in [-0.1, -0.05) is 6.92 Å². The first-order valence-corrected chi connectivity index (χ1v) is 5.24. The van der Waals surface area contributed by atoms with Crippen LogP contribution >= 0.6 is 0 Å². The zero-order valence-corrected chi connectivity index (χ0v) is 9.82. The van der Waals surface area contributed by atoms with Crippen molar-refractivity contribution in [1.29, 1.82) is 5.26 Å². The Morgan fingerprint density at radius 3 is 2.59 bits per heavy atom. The second-order valence-corrected chi connectivity index (χ2v) is 3.55. The molecular weight excluding hydrogens is 218 g/mol. The van der Waals surface area contributed by atoms with Gasteiger partial charge in [0.2, 0.25) is 0 Å². The van der Waals surface area contributed by atoms with Crippen LogP contribution in [0.15, 0.2) is 12.1 Å². The molecule has 0 N–H and O–H groups in total. The molecule has 0 radical (unpaired) electrons. The van der Waals surface area contributed by atoms with Crippen molar-refractivity contribution in [1.82, 2.24) is 0 Å². The Morgan fingerprint density at radius 1 is 1.47 bits per heavy atom. The van der Waals surface area contributed by atoms with Crippen LogP contribution in [-0.2, 0) is 22.4 Å². The molecule has 0 bridgehead atoms. The molecule has 0 heterocycles. The Bertz CT molecular complexity index is 486. The maximum Gasteiger partial charge on any atom is 0.310 e. The standard InChI is InChI=1S/C13H13NO3/c1-3-10-4-9(8-15)5-11(12(10)7-14)6-13(16)17-2/h4-5,8H,3,6H2,1-2H3. The number of ether oxygens (including phenoxy) is 1. The molecule has 0 aliphatic heterocycles. The molecule has 1 aromatic rings. The van der Waals surface area contributed by atoms with Crippen molar-refractivity contribution in [3.05, 3.63) is 34.4 Å². The summed E-state index contributed by atoms with van der Waals surface area (Å²) in [6.45, 7) is 1.90. The summed E-state index contributed by atoms with van der Waals surface area (Å²) in [5.74, 6) is -0.424. The quantitative estimate of drug-likeness (QED) is 0.583. The van der Waals surface area contributed by atoms with Gasteiger partial charge in [0.25, 0.3) is 0 Å². The number of aryl methyl sites for hydroxylation is 1. The lowest BCUT2D eigenvalue weighted by Crippen LogP contribution is -2.08. The maximum absolute atomic E-state index is 11.2. The average molecular weight is 231 g/mol. The van der Waals surface area contributed by atoms with Gasteiger partial charge in [-0.05, 0) is 29.7 Å². The topological polar surface area (TPSA) is 67.2 Å². The van der Waals surface area contributed by atoms with Crippen LogP contribution in [0.2, 0.25) is 0 Å². The smallest absolute Gasteiger partial charge is 0.310 e. The van der Waals surface area contributed by atoms with Gasteiger partial charge in [0, 0.05) is 5.56 Å². The minimum absolute atomic E-state index is 0.00801. The number of hydrogen-bond acceptors (Lipinski definition) is 4. The minimum Gasteiger partial charge on any atom is -0.469 e. The van der Waals surface area contributed by atoms with E-state index in [1.54, 1.807) is 12.1 Å². The van der Waals surface area contributed by atoms with Gasteiger partial charge in [0.15, 0.2) is 0 Å². The molecule has 0 atom stereocenters. The van der Waals surface area contributed by atoms with Crippen LogP contribution in [0.1, 0.15) is 34.0 Å². The van der Waals surface area contributed by atoms with Crippen molar-refractivity contribution < 1.29 is 14.3 Å². The largest absolute Gasteiger partial charge is 0.469 e. The Kier molecular flexibility index (Phi) is 4.41. The lowest BCUT2D eigenvalue weighted by Gasteiger charge is -2.08. The lowest BCUT2D eigenvalue weighted by molar-refractivity contribution is -0.139. The fraction of sp³-hybridized carbons (Fsp3) is 0.308. The van der Waals surface area contributed by atoms with Crippen LogP contribution in [0.25, 0.3) is 0 Å². The fourth-order valence-electron chi connectivity index (χ4n) is 1.65. The highest BCUT2D eigenvalue weighted by atomic mass is 16.5. The predicted molar refractivity (Wildman–Crippen MR) is 61.6 cm³/mol. The van der Waals surface area contributed by atoms with E-state index in [4.69, 9.17) is 5.26 Å². The van der Waals surface area contributed by atoms with Crippen LogP contribution in [0.4, 0.5) is 0 Å². The number of benzene rings is 1. The molecule has 0 fully saturated rings. The summed E-state index contributed by atoms with van der Waals surface area (Å²) in [5.41, 5.74) is 2.25. The minimum atomic E-state index is -0.424. The van der Waals surface area contributed by atoms with E-state index in [1.807, 2.05) is 6.92 Å². The van der Waals surface area contributed by atoms with E-state index >= 15 is 0 Å². The van der Waals surface area contributed by atoms with Gasteiger partial charge in [-0.2, -0.15) is 5.26 Å². The lowest BCUT2D eigenvalue weighted by atomic mass is 9.95. The molecular formula is C13H13NO3. The highest BCUT2D eigenvalue weighted by Gasteiger charge is 2.13. The highest BCUT2D eigenvalue weighted by Crippen LogP contribution is 2.18. The third-order valence-electron chi connectivity index (χ3n) is 2.52.